The molecule has 0 rings (SSSR count). The van der Waals surface area contributed by atoms with Crippen LogP contribution in [-0.2, 0) is 4.79 Å². The molecule has 2 nitrogen and oxygen atoms in total. The smallest absolute Gasteiger partial charge is 0.364 e. The molecule has 0 amide bonds. The van der Waals surface area contributed by atoms with Crippen molar-refractivity contribution in [2.75, 3.05) is 0 Å². The SMILES string of the molecule is CCCC(C)=C(F)C(=O)O. The summed E-state index contributed by atoms with van der Waals surface area (Å²) in [7, 11) is 0. The van der Waals surface area contributed by atoms with Crippen LogP contribution in [0.15, 0.2) is 11.4 Å². The highest BCUT2D eigenvalue weighted by Gasteiger charge is 2.08. The van der Waals surface area contributed by atoms with Crippen molar-refractivity contribution in [1.29, 1.82) is 0 Å². The van der Waals surface area contributed by atoms with Crippen LogP contribution in [0.1, 0.15) is 26.7 Å². The molecule has 0 aliphatic carbocycles. The van der Waals surface area contributed by atoms with Gasteiger partial charge in [0.2, 0.25) is 5.83 Å². The molecule has 0 unspecified atom stereocenters. The van der Waals surface area contributed by atoms with Gasteiger partial charge in [-0.1, -0.05) is 13.3 Å². The summed E-state index contributed by atoms with van der Waals surface area (Å²) in [6.45, 7) is 3.37. The van der Waals surface area contributed by atoms with Gasteiger partial charge in [0.05, 0.1) is 0 Å². The molecule has 0 radical (unpaired) electrons. The number of allylic oxidation sites excluding steroid dienone is 1. The van der Waals surface area contributed by atoms with Crippen LogP contribution >= 0.6 is 0 Å². The molecule has 10 heavy (non-hydrogen) atoms. The maximum absolute atomic E-state index is 12.4. The summed E-state index contributed by atoms with van der Waals surface area (Å²) in [5.41, 5.74) is 0.315. The summed E-state index contributed by atoms with van der Waals surface area (Å²) in [6, 6.07) is 0. The van der Waals surface area contributed by atoms with Crippen molar-refractivity contribution in [2.24, 2.45) is 0 Å². The van der Waals surface area contributed by atoms with Gasteiger partial charge in [-0.05, 0) is 18.9 Å². The van der Waals surface area contributed by atoms with E-state index in [1.807, 2.05) is 6.92 Å². The van der Waals surface area contributed by atoms with Crippen molar-refractivity contribution in [3.8, 4) is 0 Å². The Hall–Kier alpha value is -0.860. The van der Waals surface area contributed by atoms with Gasteiger partial charge in [-0.2, -0.15) is 4.39 Å². The van der Waals surface area contributed by atoms with Crippen molar-refractivity contribution in [2.45, 2.75) is 26.7 Å². The summed E-state index contributed by atoms with van der Waals surface area (Å²) in [4.78, 5) is 9.98. The van der Waals surface area contributed by atoms with E-state index >= 15 is 0 Å². The molecule has 0 saturated heterocycles. The van der Waals surface area contributed by atoms with Gasteiger partial charge in [0, 0.05) is 0 Å². The minimum Gasteiger partial charge on any atom is -0.476 e. The molecule has 3 heteroatoms. The topological polar surface area (TPSA) is 37.3 Å². The number of rotatable bonds is 3. The van der Waals surface area contributed by atoms with Crippen LogP contribution in [0.2, 0.25) is 0 Å². The second-order valence-corrected chi connectivity index (χ2v) is 2.15. The van der Waals surface area contributed by atoms with Crippen molar-refractivity contribution < 1.29 is 14.3 Å². The molecule has 1 N–H and O–H groups in total. The molecular weight excluding hydrogens is 135 g/mol. The molecule has 0 aromatic rings. The van der Waals surface area contributed by atoms with Gasteiger partial charge in [-0.25, -0.2) is 4.79 Å². The Morgan fingerprint density at radius 1 is 1.60 bits per heavy atom. The fourth-order valence-corrected chi connectivity index (χ4v) is 0.667. The normalized spacial score (nSPS) is 12.7. The summed E-state index contributed by atoms with van der Waals surface area (Å²) in [6.07, 6.45) is 1.28. The van der Waals surface area contributed by atoms with Crippen molar-refractivity contribution in [3.63, 3.8) is 0 Å². The first-order chi connectivity index (χ1) is 4.59. The summed E-state index contributed by atoms with van der Waals surface area (Å²) in [5.74, 6) is -2.48. The number of carbonyl (C=O) groups is 1. The van der Waals surface area contributed by atoms with E-state index in [-0.39, 0.29) is 0 Å². The maximum atomic E-state index is 12.4. The van der Waals surface area contributed by atoms with E-state index in [1.165, 1.54) is 6.92 Å². The highest BCUT2D eigenvalue weighted by atomic mass is 19.1. The van der Waals surface area contributed by atoms with E-state index in [0.29, 0.717) is 12.0 Å². The Balaban J connectivity index is 4.19. The van der Waals surface area contributed by atoms with E-state index in [0.717, 1.165) is 6.42 Å². The van der Waals surface area contributed by atoms with Gasteiger partial charge in [0.25, 0.3) is 0 Å². The first-order valence-corrected chi connectivity index (χ1v) is 3.18. The molecule has 0 heterocycles. The number of aliphatic carboxylic acids is 1. The Morgan fingerprint density at radius 2 is 2.10 bits per heavy atom. The second kappa shape index (κ2) is 4.04. The lowest BCUT2D eigenvalue weighted by Crippen LogP contribution is -1.97. The number of carboxylic acids is 1. The minimum absolute atomic E-state index is 0.315. The zero-order valence-electron chi connectivity index (χ0n) is 6.15. The zero-order chi connectivity index (χ0) is 8.15. The van der Waals surface area contributed by atoms with Gasteiger partial charge in [-0.3, -0.25) is 0 Å². The van der Waals surface area contributed by atoms with Crippen LogP contribution in [0.25, 0.3) is 0 Å². The van der Waals surface area contributed by atoms with Crippen LogP contribution in [0, 0.1) is 0 Å². The highest BCUT2D eigenvalue weighted by molar-refractivity contribution is 5.84. The predicted octanol–water partition coefficient (Wildman–Crippen LogP) is 2.11. The van der Waals surface area contributed by atoms with Crippen LogP contribution in [0.4, 0.5) is 4.39 Å². The van der Waals surface area contributed by atoms with Gasteiger partial charge < -0.3 is 5.11 Å². The number of halogens is 1. The first-order valence-electron chi connectivity index (χ1n) is 3.18. The van der Waals surface area contributed by atoms with Crippen LogP contribution in [-0.4, -0.2) is 11.1 Å². The van der Waals surface area contributed by atoms with E-state index in [9.17, 15) is 9.18 Å². The summed E-state index contributed by atoms with van der Waals surface area (Å²) < 4.78 is 12.4. The van der Waals surface area contributed by atoms with Gasteiger partial charge in [0.15, 0.2) is 0 Å². The molecule has 0 aromatic heterocycles. The van der Waals surface area contributed by atoms with Crippen molar-refractivity contribution in [3.05, 3.63) is 11.4 Å². The van der Waals surface area contributed by atoms with Crippen molar-refractivity contribution in [1.82, 2.24) is 0 Å². The fourth-order valence-electron chi connectivity index (χ4n) is 0.667. The monoisotopic (exact) mass is 146 g/mol. The quantitative estimate of drug-likeness (QED) is 0.619. The summed E-state index contributed by atoms with van der Waals surface area (Å²) in [5, 5.41) is 8.15. The van der Waals surface area contributed by atoms with E-state index in [2.05, 4.69) is 0 Å². The molecule has 0 fully saturated rings. The Bertz CT molecular complexity index is 161. The molecule has 0 atom stereocenters. The second-order valence-electron chi connectivity index (χ2n) is 2.15. The van der Waals surface area contributed by atoms with Gasteiger partial charge >= 0.3 is 5.97 Å². The molecule has 0 saturated carbocycles. The molecule has 0 aliphatic rings. The van der Waals surface area contributed by atoms with E-state index in [1.54, 1.807) is 0 Å². The molecule has 0 bridgehead atoms. The van der Waals surface area contributed by atoms with Gasteiger partial charge in [-0.15, -0.1) is 0 Å². The molecule has 0 aliphatic heterocycles. The number of carboxylic acid groups (broad SMARTS) is 1. The molecule has 0 spiro atoms. The molecular formula is C7H11FO2. The fraction of sp³-hybridized carbons (Fsp3) is 0.571. The third-order valence-corrected chi connectivity index (χ3v) is 1.19. The standard InChI is InChI=1S/C7H11FO2/c1-3-4-5(2)6(8)7(9)10/h3-4H2,1-2H3,(H,9,10). The average Bonchev–Trinajstić information content (AvgIpc) is 1.87. The highest BCUT2D eigenvalue weighted by Crippen LogP contribution is 2.11. The zero-order valence-corrected chi connectivity index (χ0v) is 6.15. The summed E-state index contributed by atoms with van der Waals surface area (Å²) >= 11 is 0. The lowest BCUT2D eigenvalue weighted by atomic mass is 10.1. The van der Waals surface area contributed by atoms with E-state index in [4.69, 9.17) is 5.11 Å². The molecule has 58 valence electrons. The average molecular weight is 146 g/mol. The number of hydrogen-bond acceptors (Lipinski definition) is 1. The third-order valence-electron chi connectivity index (χ3n) is 1.19. The van der Waals surface area contributed by atoms with Crippen LogP contribution in [0.5, 0.6) is 0 Å². The molecule has 0 aromatic carbocycles. The van der Waals surface area contributed by atoms with E-state index < -0.39 is 11.8 Å². The van der Waals surface area contributed by atoms with Crippen LogP contribution in [0.3, 0.4) is 0 Å². The minimum atomic E-state index is -1.47. The Kier molecular flexibility index (Phi) is 3.69. The lowest BCUT2D eigenvalue weighted by Gasteiger charge is -1.96. The Labute approximate surface area is 59.4 Å². The lowest BCUT2D eigenvalue weighted by molar-refractivity contribution is -0.134. The number of hydrogen-bond donors (Lipinski definition) is 1. The third kappa shape index (κ3) is 2.62. The predicted molar refractivity (Wildman–Crippen MR) is 36.4 cm³/mol. The van der Waals surface area contributed by atoms with Crippen molar-refractivity contribution >= 4 is 5.97 Å². The Morgan fingerprint density at radius 3 is 2.40 bits per heavy atom. The van der Waals surface area contributed by atoms with Crippen LogP contribution < -0.4 is 0 Å². The largest absolute Gasteiger partial charge is 0.476 e. The van der Waals surface area contributed by atoms with Gasteiger partial charge in [0.1, 0.15) is 0 Å². The first kappa shape index (κ1) is 9.14. The maximum Gasteiger partial charge on any atom is 0.364 e.